The molecule has 1 aromatic carbocycles. The Morgan fingerprint density at radius 1 is 1.47 bits per heavy atom. The topological polar surface area (TPSA) is 56.0 Å². The maximum Gasteiger partial charge on any atom is 0.284 e. The largest absolute Gasteiger partial charge is 0.284 e. The van der Waals surface area contributed by atoms with E-state index >= 15 is 0 Å². The molecule has 0 aliphatic carbocycles. The number of benzene rings is 1. The predicted octanol–water partition coefficient (Wildman–Crippen LogP) is 3.40. The van der Waals surface area contributed by atoms with Crippen molar-refractivity contribution in [2.75, 3.05) is 0 Å². The molecule has 0 aliphatic heterocycles. The molecule has 0 amide bonds. The molecule has 4 nitrogen and oxygen atoms in total. The SMILES string of the molecule is O=[N+]([O-])c1cc(Cl)c2ccncc2c1I. The third-order valence-corrected chi connectivity index (χ3v) is 3.45. The van der Waals surface area contributed by atoms with Gasteiger partial charge in [-0.2, -0.15) is 0 Å². The molecule has 1 aromatic heterocycles. The van der Waals surface area contributed by atoms with Gasteiger partial charge in [0.15, 0.2) is 0 Å². The molecule has 0 saturated carbocycles. The predicted molar refractivity (Wildman–Crippen MR) is 66.1 cm³/mol. The van der Waals surface area contributed by atoms with E-state index < -0.39 is 4.92 Å². The van der Waals surface area contributed by atoms with Crippen LogP contribution < -0.4 is 0 Å². The first kappa shape index (κ1) is 10.6. The maximum atomic E-state index is 10.7. The molecular weight excluding hydrogens is 330 g/mol. The zero-order valence-corrected chi connectivity index (χ0v) is 10.2. The highest BCUT2D eigenvalue weighted by molar-refractivity contribution is 14.1. The molecule has 2 aromatic rings. The van der Waals surface area contributed by atoms with E-state index in [1.807, 2.05) is 22.6 Å². The van der Waals surface area contributed by atoms with E-state index in [0.29, 0.717) is 14.0 Å². The summed E-state index contributed by atoms with van der Waals surface area (Å²) >= 11 is 7.87. The third kappa shape index (κ3) is 1.76. The van der Waals surface area contributed by atoms with Gasteiger partial charge in [0, 0.05) is 29.2 Å². The molecule has 0 fully saturated rings. The van der Waals surface area contributed by atoms with Crippen LogP contribution in [-0.4, -0.2) is 9.91 Å². The molecule has 2 rings (SSSR count). The summed E-state index contributed by atoms with van der Waals surface area (Å²) < 4.78 is 0.560. The van der Waals surface area contributed by atoms with Gasteiger partial charge in [-0.25, -0.2) is 0 Å². The molecule has 1 heterocycles. The van der Waals surface area contributed by atoms with Crippen LogP contribution in [0.1, 0.15) is 0 Å². The first-order chi connectivity index (χ1) is 7.11. The molecule has 0 atom stereocenters. The maximum absolute atomic E-state index is 10.7. The highest BCUT2D eigenvalue weighted by Gasteiger charge is 2.17. The van der Waals surface area contributed by atoms with Gasteiger partial charge in [0.2, 0.25) is 0 Å². The summed E-state index contributed by atoms with van der Waals surface area (Å²) in [4.78, 5) is 14.2. The van der Waals surface area contributed by atoms with Crippen molar-refractivity contribution in [1.29, 1.82) is 0 Å². The Labute approximate surface area is 104 Å². The van der Waals surface area contributed by atoms with E-state index in [9.17, 15) is 10.1 Å². The van der Waals surface area contributed by atoms with E-state index in [4.69, 9.17) is 11.6 Å². The number of hydrogen-bond acceptors (Lipinski definition) is 3. The van der Waals surface area contributed by atoms with Gasteiger partial charge in [-0.05, 0) is 28.7 Å². The van der Waals surface area contributed by atoms with Crippen molar-refractivity contribution in [3.63, 3.8) is 0 Å². The lowest BCUT2D eigenvalue weighted by molar-refractivity contribution is -0.385. The van der Waals surface area contributed by atoms with Gasteiger partial charge in [-0.15, -0.1) is 0 Å². The molecular formula is C9H4ClIN2O2. The zero-order chi connectivity index (χ0) is 11.0. The fourth-order valence-electron chi connectivity index (χ4n) is 1.31. The fourth-order valence-corrected chi connectivity index (χ4v) is 2.36. The van der Waals surface area contributed by atoms with Crippen LogP contribution in [0.4, 0.5) is 5.69 Å². The van der Waals surface area contributed by atoms with E-state index in [2.05, 4.69) is 4.98 Å². The van der Waals surface area contributed by atoms with Crippen molar-refractivity contribution in [3.05, 3.63) is 43.2 Å². The van der Waals surface area contributed by atoms with Crippen molar-refractivity contribution >= 4 is 50.7 Å². The number of rotatable bonds is 1. The number of aromatic nitrogens is 1. The van der Waals surface area contributed by atoms with Gasteiger partial charge in [0.05, 0.1) is 9.95 Å². The van der Waals surface area contributed by atoms with Crippen LogP contribution in [0.5, 0.6) is 0 Å². The Kier molecular flexibility index (Phi) is 2.74. The Morgan fingerprint density at radius 2 is 2.20 bits per heavy atom. The Balaban J connectivity index is 2.90. The lowest BCUT2D eigenvalue weighted by Crippen LogP contribution is -1.93. The molecule has 76 valence electrons. The minimum atomic E-state index is -0.444. The Bertz CT molecular complexity index is 559. The summed E-state index contributed by atoms with van der Waals surface area (Å²) in [6.45, 7) is 0. The number of nitrogens with zero attached hydrogens (tertiary/aromatic N) is 2. The van der Waals surface area contributed by atoms with E-state index in [1.165, 1.54) is 6.07 Å². The highest BCUT2D eigenvalue weighted by Crippen LogP contribution is 2.34. The molecule has 0 bridgehead atoms. The van der Waals surface area contributed by atoms with Crippen LogP contribution in [-0.2, 0) is 0 Å². The van der Waals surface area contributed by atoms with Crippen molar-refractivity contribution in [1.82, 2.24) is 4.98 Å². The molecule has 6 heteroatoms. The average Bonchev–Trinajstić information content (AvgIpc) is 2.23. The van der Waals surface area contributed by atoms with Crippen molar-refractivity contribution < 1.29 is 4.92 Å². The molecule has 0 N–H and O–H groups in total. The van der Waals surface area contributed by atoms with Crippen molar-refractivity contribution in [2.24, 2.45) is 0 Å². The highest BCUT2D eigenvalue weighted by atomic mass is 127. The van der Waals surface area contributed by atoms with Gasteiger partial charge in [-0.1, -0.05) is 11.6 Å². The molecule has 15 heavy (non-hydrogen) atoms. The Morgan fingerprint density at radius 3 is 2.87 bits per heavy atom. The zero-order valence-electron chi connectivity index (χ0n) is 7.28. The second-order valence-corrected chi connectivity index (χ2v) is 4.36. The monoisotopic (exact) mass is 334 g/mol. The lowest BCUT2D eigenvalue weighted by Gasteiger charge is -2.03. The second kappa shape index (κ2) is 3.90. The summed E-state index contributed by atoms with van der Waals surface area (Å²) in [6, 6.07) is 3.11. The van der Waals surface area contributed by atoms with Crippen LogP contribution in [0.15, 0.2) is 24.5 Å². The summed E-state index contributed by atoms with van der Waals surface area (Å²) in [5.41, 5.74) is 0.0149. The normalized spacial score (nSPS) is 10.5. The van der Waals surface area contributed by atoms with Gasteiger partial charge in [0.25, 0.3) is 5.69 Å². The van der Waals surface area contributed by atoms with Crippen LogP contribution in [0.2, 0.25) is 5.02 Å². The number of fused-ring (bicyclic) bond motifs is 1. The summed E-state index contributed by atoms with van der Waals surface area (Å²) in [5.74, 6) is 0. The second-order valence-electron chi connectivity index (χ2n) is 2.87. The van der Waals surface area contributed by atoms with Gasteiger partial charge in [-0.3, -0.25) is 15.1 Å². The molecule has 0 radical (unpaired) electrons. The minimum Gasteiger partial charge on any atom is -0.264 e. The van der Waals surface area contributed by atoms with E-state index in [1.54, 1.807) is 18.5 Å². The van der Waals surface area contributed by atoms with Crippen LogP contribution in [0.25, 0.3) is 10.8 Å². The number of nitro groups is 1. The van der Waals surface area contributed by atoms with Gasteiger partial charge < -0.3 is 0 Å². The lowest BCUT2D eigenvalue weighted by atomic mass is 10.1. The van der Waals surface area contributed by atoms with Crippen molar-refractivity contribution in [3.8, 4) is 0 Å². The first-order valence-electron chi connectivity index (χ1n) is 3.97. The van der Waals surface area contributed by atoms with Crippen LogP contribution in [0, 0.1) is 13.7 Å². The number of pyridine rings is 1. The van der Waals surface area contributed by atoms with E-state index in [-0.39, 0.29) is 5.69 Å². The third-order valence-electron chi connectivity index (χ3n) is 2.00. The van der Waals surface area contributed by atoms with Gasteiger partial charge >= 0.3 is 0 Å². The minimum absolute atomic E-state index is 0.0149. The van der Waals surface area contributed by atoms with Crippen LogP contribution in [0.3, 0.4) is 0 Å². The quantitative estimate of drug-likeness (QED) is 0.456. The molecule has 0 aliphatic rings. The summed E-state index contributed by atoms with van der Waals surface area (Å²) in [6.07, 6.45) is 3.19. The Hall–Kier alpha value is -0.950. The summed E-state index contributed by atoms with van der Waals surface area (Å²) in [5, 5.41) is 12.6. The molecule has 0 unspecified atom stereocenters. The fraction of sp³-hybridized carbons (Fsp3) is 0. The summed E-state index contributed by atoms with van der Waals surface area (Å²) in [7, 11) is 0. The first-order valence-corrected chi connectivity index (χ1v) is 5.43. The standard InChI is InChI=1S/C9H4ClIN2O2/c10-7-3-8(13(14)15)9(11)6-4-12-2-1-5(6)7/h1-4H. The van der Waals surface area contributed by atoms with Gasteiger partial charge in [0.1, 0.15) is 3.57 Å². The molecule has 0 saturated heterocycles. The van der Waals surface area contributed by atoms with Crippen LogP contribution >= 0.6 is 34.2 Å². The van der Waals surface area contributed by atoms with E-state index in [0.717, 1.165) is 5.39 Å². The number of hydrogen-bond donors (Lipinski definition) is 0. The number of nitro benzene ring substituents is 1. The number of halogens is 2. The molecule has 0 spiro atoms. The van der Waals surface area contributed by atoms with Crippen molar-refractivity contribution in [2.45, 2.75) is 0 Å². The smallest absolute Gasteiger partial charge is 0.264 e. The average molecular weight is 334 g/mol.